The molecule has 0 bridgehead atoms. The first-order valence-electron chi connectivity index (χ1n) is 10.1. The van der Waals surface area contributed by atoms with Gasteiger partial charge in [0.15, 0.2) is 5.96 Å². The molecule has 1 aromatic rings. The molecule has 1 aliphatic heterocycles. The molecule has 26 heavy (non-hydrogen) atoms. The molecule has 0 spiro atoms. The van der Waals surface area contributed by atoms with E-state index in [0.717, 1.165) is 57.8 Å². The summed E-state index contributed by atoms with van der Waals surface area (Å²) in [6, 6.07) is 4.81. The third-order valence-electron chi connectivity index (χ3n) is 4.85. The van der Waals surface area contributed by atoms with Crippen LogP contribution in [0.5, 0.6) is 0 Å². The second-order valence-corrected chi connectivity index (χ2v) is 8.51. The van der Waals surface area contributed by atoms with Crippen LogP contribution >= 0.6 is 11.3 Å². The number of aliphatic hydroxyl groups excluding tert-OH is 1. The molecule has 1 aliphatic rings. The number of rotatable bonds is 9. The van der Waals surface area contributed by atoms with Crippen LogP contribution in [0.4, 0.5) is 5.00 Å². The van der Waals surface area contributed by atoms with E-state index in [1.54, 1.807) is 0 Å². The van der Waals surface area contributed by atoms with E-state index in [4.69, 9.17) is 4.99 Å². The molecule has 0 radical (unpaired) electrons. The molecule has 2 heterocycles. The fourth-order valence-corrected chi connectivity index (χ4v) is 4.35. The van der Waals surface area contributed by atoms with E-state index in [9.17, 15) is 5.11 Å². The molecule has 1 fully saturated rings. The van der Waals surface area contributed by atoms with Gasteiger partial charge in [0.1, 0.15) is 0 Å². The Morgan fingerprint density at radius 1 is 1.38 bits per heavy atom. The Labute approximate surface area is 162 Å². The van der Waals surface area contributed by atoms with Gasteiger partial charge in [-0.3, -0.25) is 4.99 Å². The minimum atomic E-state index is 0.248. The van der Waals surface area contributed by atoms with Crippen molar-refractivity contribution in [1.29, 1.82) is 0 Å². The number of aliphatic hydroxyl groups is 1. The van der Waals surface area contributed by atoms with Crippen LogP contribution in [0.25, 0.3) is 0 Å². The Morgan fingerprint density at radius 2 is 2.15 bits per heavy atom. The maximum absolute atomic E-state index is 9.30. The molecule has 6 heteroatoms. The number of thiophene rings is 1. The van der Waals surface area contributed by atoms with E-state index in [0.29, 0.717) is 17.9 Å². The normalized spacial score (nSPS) is 17.6. The number of anilines is 1. The predicted molar refractivity (Wildman–Crippen MR) is 113 cm³/mol. The molecule has 2 rings (SSSR count). The maximum Gasteiger partial charge on any atom is 0.191 e. The molecule has 1 aromatic heterocycles. The van der Waals surface area contributed by atoms with Gasteiger partial charge in [-0.2, -0.15) is 0 Å². The van der Waals surface area contributed by atoms with Crippen LogP contribution in [-0.2, 0) is 0 Å². The second-order valence-electron chi connectivity index (χ2n) is 7.58. The van der Waals surface area contributed by atoms with Gasteiger partial charge in [0, 0.05) is 38.8 Å². The molecule has 1 saturated heterocycles. The van der Waals surface area contributed by atoms with Crippen LogP contribution in [0.1, 0.15) is 46.5 Å². The van der Waals surface area contributed by atoms with Gasteiger partial charge in [-0.25, -0.2) is 0 Å². The van der Waals surface area contributed by atoms with E-state index >= 15 is 0 Å². The Bertz CT molecular complexity index is 510. The zero-order valence-corrected chi connectivity index (χ0v) is 17.4. The van der Waals surface area contributed by atoms with Crippen molar-refractivity contribution in [1.82, 2.24) is 10.6 Å². The summed E-state index contributed by atoms with van der Waals surface area (Å²) in [5.41, 5.74) is 0. The highest BCUT2D eigenvalue weighted by molar-refractivity contribution is 7.14. The highest BCUT2D eigenvalue weighted by Gasteiger charge is 2.21. The molecule has 0 amide bonds. The monoisotopic (exact) mass is 380 g/mol. The summed E-state index contributed by atoms with van der Waals surface area (Å²) in [6.07, 6.45) is 4.21. The standard InChI is InChI=1S/C20H36N4OS/c1-4-21-20(22-15-17(9-12-25)14-16(2)3)23-18-7-10-24(11-8-18)19-6-5-13-26-19/h5-6,13,16-18,25H,4,7-12,14-15H2,1-3H3,(H2,21,22,23). The Kier molecular flexibility index (Phi) is 9.26. The third kappa shape index (κ3) is 7.16. The van der Waals surface area contributed by atoms with Gasteiger partial charge in [0.2, 0.25) is 0 Å². The largest absolute Gasteiger partial charge is 0.396 e. The highest BCUT2D eigenvalue weighted by atomic mass is 32.1. The predicted octanol–water partition coefficient (Wildman–Crippen LogP) is 3.32. The van der Waals surface area contributed by atoms with E-state index in [1.807, 2.05) is 11.3 Å². The van der Waals surface area contributed by atoms with Crippen molar-refractivity contribution >= 4 is 22.3 Å². The fraction of sp³-hybridized carbons (Fsp3) is 0.750. The van der Waals surface area contributed by atoms with E-state index in [1.165, 1.54) is 5.00 Å². The zero-order valence-electron chi connectivity index (χ0n) is 16.6. The number of hydrogen-bond acceptors (Lipinski definition) is 4. The smallest absolute Gasteiger partial charge is 0.191 e. The van der Waals surface area contributed by atoms with Crippen LogP contribution < -0.4 is 15.5 Å². The van der Waals surface area contributed by atoms with Crippen LogP contribution in [-0.4, -0.2) is 49.9 Å². The molecule has 0 aromatic carbocycles. The molecule has 1 atom stereocenters. The van der Waals surface area contributed by atoms with Gasteiger partial charge in [-0.1, -0.05) is 13.8 Å². The van der Waals surface area contributed by atoms with Gasteiger partial charge < -0.3 is 20.6 Å². The summed E-state index contributed by atoms with van der Waals surface area (Å²) in [5.74, 6) is 2.02. The minimum Gasteiger partial charge on any atom is -0.396 e. The first kappa shape index (κ1) is 21.0. The van der Waals surface area contributed by atoms with Crippen LogP contribution in [0.2, 0.25) is 0 Å². The summed E-state index contributed by atoms with van der Waals surface area (Å²) in [7, 11) is 0. The second kappa shape index (κ2) is 11.4. The average Bonchev–Trinajstić information content (AvgIpc) is 3.15. The first-order chi connectivity index (χ1) is 12.6. The molecule has 5 nitrogen and oxygen atoms in total. The van der Waals surface area contributed by atoms with Crippen molar-refractivity contribution in [2.45, 2.75) is 52.5 Å². The van der Waals surface area contributed by atoms with Crippen LogP contribution in [0, 0.1) is 11.8 Å². The van der Waals surface area contributed by atoms with Crippen molar-refractivity contribution in [3.63, 3.8) is 0 Å². The van der Waals surface area contributed by atoms with Crippen LogP contribution in [0.15, 0.2) is 22.5 Å². The average molecular weight is 381 g/mol. The lowest BCUT2D eigenvalue weighted by Crippen LogP contribution is -2.48. The van der Waals surface area contributed by atoms with E-state index in [-0.39, 0.29) is 6.61 Å². The quantitative estimate of drug-likeness (QED) is 0.454. The van der Waals surface area contributed by atoms with Gasteiger partial charge in [-0.05, 0) is 62.0 Å². The molecule has 0 aliphatic carbocycles. The molecule has 148 valence electrons. The van der Waals surface area contributed by atoms with Gasteiger partial charge in [-0.15, -0.1) is 11.3 Å². The van der Waals surface area contributed by atoms with Crippen molar-refractivity contribution in [2.75, 3.05) is 37.7 Å². The summed E-state index contributed by atoms with van der Waals surface area (Å²) >= 11 is 1.82. The van der Waals surface area contributed by atoms with Crippen molar-refractivity contribution in [3.05, 3.63) is 17.5 Å². The van der Waals surface area contributed by atoms with Gasteiger partial charge >= 0.3 is 0 Å². The number of piperidine rings is 1. The molecule has 3 N–H and O–H groups in total. The highest BCUT2D eigenvalue weighted by Crippen LogP contribution is 2.24. The number of hydrogen-bond donors (Lipinski definition) is 3. The first-order valence-corrected chi connectivity index (χ1v) is 10.9. The SMILES string of the molecule is CCNC(=NCC(CCO)CC(C)C)NC1CCN(c2cccs2)CC1. The Balaban J connectivity index is 1.84. The third-order valence-corrected chi connectivity index (χ3v) is 5.78. The zero-order chi connectivity index (χ0) is 18.8. The summed E-state index contributed by atoms with van der Waals surface area (Å²) in [4.78, 5) is 7.30. The minimum absolute atomic E-state index is 0.248. The van der Waals surface area contributed by atoms with Crippen molar-refractivity contribution in [3.8, 4) is 0 Å². The fourth-order valence-electron chi connectivity index (χ4n) is 3.56. The van der Waals surface area contributed by atoms with Gasteiger partial charge in [0.05, 0.1) is 5.00 Å². The molecule has 1 unspecified atom stereocenters. The van der Waals surface area contributed by atoms with Crippen LogP contribution in [0.3, 0.4) is 0 Å². The van der Waals surface area contributed by atoms with E-state index in [2.05, 4.69) is 53.8 Å². The Hall–Kier alpha value is -1.27. The van der Waals surface area contributed by atoms with Crippen molar-refractivity contribution in [2.24, 2.45) is 16.8 Å². The number of guanidine groups is 1. The summed E-state index contributed by atoms with van der Waals surface area (Å²) in [5, 5.41) is 19.8. The summed E-state index contributed by atoms with van der Waals surface area (Å²) in [6.45, 7) is 10.7. The lowest BCUT2D eigenvalue weighted by atomic mass is 9.94. The topological polar surface area (TPSA) is 59.9 Å². The van der Waals surface area contributed by atoms with Crippen molar-refractivity contribution < 1.29 is 5.11 Å². The number of nitrogens with zero attached hydrogens (tertiary/aromatic N) is 2. The molecular formula is C20H36N4OS. The number of nitrogens with one attached hydrogen (secondary N) is 2. The summed E-state index contributed by atoms with van der Waals surface area (Å²) < 4.78 is 0. The maximum atomic E-state index is 9.30. The molecular weight excluding hydrogens is 344 g/mol. The molecule has 0 saturated carbocycles. The van der Waals surface area contributed by atoms with E-state index < -0.39 is 0 Å². The Morgan fingerprint density at radius 3 is 2.73 bits per heavy atom. The number of aliphatic imine (C=N–C) groups is 1. The lowest BCUT2D eigenvalue weighted by molar-refractivity contribution is 0.245. The van der Waals surface area contributed by atoms with Gasteiger partial charge in [0.25, 0.3) is 0 Å². The lowest BCUT2D eigenvalue weighted by Gasteiger charge is -2.33.